The van der Waals surface area contributed by atoms with Crippen molar-refractivity contribution in [3.63, 3.8) is 0 Å². The minimum atomic E-state index is -0.426. The van der Waals surface area contributed by atoms with E-state index in [1.165, 1.54) is 6.07 Å². The molecule has 1 aliphatic heterocycles. The summed E-state index contributed by atoms with van der Waals surface area (Å²) in [4.78, 5) is 18.9. The fourth-order valence-corrected chi connectivity index (χ4v) is 1.96. The molecule has 92 valence electrons. The molecule has 0 saturated carbocycles. The number of carbonyl (C=O) groups excluding carboxylic acids is 1. The quantitative estimate of drug-likeness (QED) is 0.717. The van der Waals surface area contributed by atoms with Gasteiger partial charge < -0.3 is 15.6 Å². The number of benzene rings is 1. The van der Waals surface area contributed by atoms with E-state index in [2.05, 4.69) is 20.6 Å². The van der Waals surface area contributed by atoms with E-state index in [-0.39, 0.29) is 11.7 Å². The molecule has 0 spiro atoms. The Balaban J connectivity index is 2.02. The first kappa shape index (κ1) is 10.8. The van der Waals surface area contributed by atoms with E-state index < -0.39 is 6.17 Å². The third kappa shape index (κ3) is 1.62. The molecule has 0 saturated heterocycles. The monoisotopic (exact) mass is 246 g/mol. The Bertz CT molecular complexity index is 609. The van der Waals surface area contributed by atoms with Gasteiger partial charge in [0.2, 0.25) is 0 Å². The second kappa shape index (κ2) is 3.83. The molecule has 0 fully saturated rings. The van der Waals surface area contributed by atoms with Crippen molar-refractivity contribution in [1.29, 1.82) is 0 Å². The molecule has 0 aliphatic carbocycles. The van der Waals surface area contributed by atoms with Crippen LogP contribution in [0.5, 0.6) is 0 Å². The molecule has 2 aromatic rings. The number of aromatic amines is 1. The average molecular weight is 246 g/mol. The van der Waals surface area contributed by atoms with Crippen LogP contribution >= 0.6 is 0 Å². The summed E-state index contributed by atoms with van der Waals surface area (Å²) in [6.45, 7) is 1.66. The van der Waals surface area contributed by atoms with Crippen molar-refractivity contribution in [1.82, 2.24) is 15.3 Å². The van der Waals surface area contributed by atoms with Crippen LogP contribution in [-0.2, 0) is 0 Å². The molecular formula is C12H11FN4O. The molecule has 1 aromatic heterocycles. The molecule has 6 heteroatoms. The van der Waals surface area contributed by atoms with Gasteiger partial charge in [0.15, 0.2) is 6.17 Å². The number of hydrogen-bond donors (Lipinski definition) is 3. The number of amides is 1. The molecule has 0 unspecified atom stereocenters. The molecule has 2 heterocycles. The highest BCUT2D eigenvalue weighted by molar-refractivity contribution is 6.01. The lowest BCUT2D eigenvalue weighted by Crippen LogP contribution is -2.39. The Labute approximate surface area is 102 Å². The number of anilines is 1. The van der Waals surface area contributed by atoms with E-state index in [0.717, 1.165) is 0 Å². The van der Waals surface area contributed by atoms with Crippen molar-refractivity contribution in [3.8, 4) is 0 Å². The first-order valence-corrected chi connectivity index (χ1v) is 5.52. The lowest BCUT2D eigenvalue weighted by atomic mass is 10.1. The summed E-state index contributed by atoms with van der Waals surface area (Å²) in [6, 6.07) is 2.87. The Morgan fingerprint density at radius 3 is 2.89 bits per heavy atom. The smallest absolute Gasteiger partial charge is 0.255 e. The van der Waals surface area contributed by atoms with Crippen molar-refractivity contribution in [2.24, 2.45) is 0 Å². The second-order valence-corrected chi connectivity index (χ2v) is 4.17. The Kier molecular flexibility index (Phi) is 2.29. The normalized spacial score (nSPS) is 17.9. The van der Waals surface area contributed by atoms with Gasteiger partial charge in [-0.1, -0.05) is 0 Å². The summed E-state index contributed by atoms with van der Waals surface area (Å²) in [7, 11) is 0. The van der Waals surface area contributed by atoms with Gasteiger partial charge in [-0.25, -0.2) is 9.37 Å². The summed E-state index contributed by atoms with van der Waals surface area (Å²) in [5, 5.41) is 5.82. The number of rotatable bonds is 1. The molecule has 1 amide bonds. The zero-order chi connectivity index (χ0) is 12.7. The van der Waals surface area contributed by atoms with E-state index in [1.54, 1.807) is 25.4 Å². The van der Waals surface area contributed by atoms with Crippen molar-refractivity contribution >= 4 is 11.6 Å². The number of aryl methyl sites for hydroxylation is 1. The van der Waals surface area contributed by atoms with Gasteiger partial charge >= 0.3 is 0 Å². The molecule has 5 nitrogen and oxygen atoms in total. The Morgan fingerprint density at radius 1 is 1.33 bits per heavy atom. The van der Waals surface area contributed by atoms with Crippen molar-refractivity contribution < 1.29 is 9.18 Å². The summed E-state index contributed by atoms with van der Waals surface area (Å²) in [5.41, 5.74) is 1.41. The van der Waals surface area contributed by atoms with Gasteiger partial charge in [0.1, 0.15) is 11.6 Å². The summed E-state index contributed by atoms with van der Waals surface area (Å²) in [5.74, 6) is -0.0952. The SMILES string of the molecule is Cc1cc2c(cc1F)C(=O)N[C@@H](c1ncc[nH]1)N2. The minimum Gasteiger partial charge on any atom is -0.358 e. The van der Waals surface area contributed by atoms with Gasteiger partial charge in [-0.2, -0.15) is 0 Å². The zero-order valence-electron chi connectivity index (χ0n) is 9.62. The fourth-order valence-electron chi connectivity index (χ4n) is 1.96. The first-order chi connectivity index (χ1) is 8.65. The van der Waals surface area contributed by atoms with Gasteiger partial charge in [0.05, 0.1) is 5.56 Å². The highest BCUT2D eigenvalue weighted by atomic mass is 19.1. The second-order valence-electron chi connectivity index (χ2n) is 4.17. The lowest BCUT2D eigenvalue weighted by molar-refractivity contribution is 0.0933. The highest BCUT2D eigenvalue weighted by Gasteiger charge is 2.26. The molecular weight excluding hydrogens is 235 g/mol. The lowest BCUT2D eigenvalue weighted by Gasteiger charge is -2.26. The third-order valence-electron chi connectivity index (χ3n) is 2.91. The number of aromatic nitrogens is 2. The molecule has 0 bridgehead atoms. The van der Waals surface area contributed by atoms with Crippen LogP contribution in [0.15, 0.2) is 24.5 Å². The van der Waals surface area contributed by atoms with Crippen LogP contribution in [0.1, 0.15) is 27.9 Å². The topological polar surface area (TPSA) is 69.8 Å². The highest BCUT2D eigenvalue weighted by Crippen LogP contribution is 2.27. The van der Waals surface area contributed by atoms with Crippen molar-refractivity contribution in [3.05, 3.63) is 47.3 Å². The molecule has 1 aromatic carbocycles. The van der Waals surface area contributed by atoms with Crippen LogP contribution in [0.2, 0.25) is 0 Å². The van der Waals surface area contributed by atoms with Crippen molar-refractivity contribution in [2.45, 2.75) is 13.1 Å². The number of imidazole rings is 1. The standard InChI is InChI=1S/C12H11FN4O/c1-6-4-9-7(5-8(6)13)12(18)17-11(16-9)10-14-2-3-15-10/h2-5,11,16H,1H3,(H,14,15)(H,17,18)/t11-/m0/s1. The van der Waals surface area contributed by atoms with Gasteiger partial charge in [-0.05, 0) is 24.6 Å². The number of carbonyl (C=O) groups is 1. The van der Waals surface area contributed by atoms with Gasteiger partial charge in [-0.3, -0.25) is 4.79 Å². The Hall–Kier alpha value is -2.37. The Morgan fingerprint density at radius 2 is 2.17 bits per heavy atom. The maximum atomic E-state index is 13.4. The molecule has 3 N–H and O–H groups in total. The third-order valence-corrected chi connectivity index (χ3v) is 2.91. The molecule has 1 aliphatic rings. The van der Waals surface area contributed by atoms with E-state index in [9.17, 15) is 9.18 Å². The predicted molar refractivity (Wildman–Crippen MR) is 63.6 cm³/mol. The molecule has 18 heavy (non-hydrogen) atoms. The average Bonchev–Trinajstić information content (AvgIpc) is 2.85. The van der Waals surface area contributed by atoms with E-state index in [4.69, 9.17) is 0 Å². The van der Waals surface area contributed by atoms with Gasteiger partial charge in [0.25, 0.3) is 5.91 Å². The number of nitrogens with zero attached hydrogens (tertiary/aromatic N) is 1. The number of nitrogens with one attached hydrogen (secondary N) is 3. The van der Waals surface area contributed by atoms with E-state index >= 15 is 0 Å². The predicted octanol–water partition coefficient (Wildman–Crippen LogP) is 1.71. The van der Waals surface area contributed by atoms with Crippen LogP contribution in [0.3, 0.4) is 0 Å². The molecule has 1 atom stereocenters. The van der Waals surface area contributed by atoms with Gasteiger partial charge in [-0.15, -0.1) is 0 Å². The molecule has 0 radical (unpaired) electrons. The van der Waals surface area contributed by atoms with Crippen LogP contribution < -0.4 is 10.6 Å². The maximum Gasteiger partial charge on any atom is 0.255 e. The minimum absolute atomic E-state index is 0.306. The van der Waals surface area contributed by atoms with Crippen LogP contribution in [0, 0.1) is 12.7 Å². The number of hydrogen-bond acceptors (Lipinski definition) is 3. The van der Waals surface area contributed by atoms with E-state index in [1.807, 2.05) is 0 Å². The molecule has 3 rings (SSSR count). The van der Waals surface area contributed by atoms with Crippen LogP contribution in [-0.4, -0.2) is 15.9 Å². The number of fused-ring (bicyclic) bond motifs is 1. The number of halogens is 1. The van der Waals surface area contributed by atoms with Crippen LogP contribution in [0.25, 0.3) is 0 Å². The summed E-state index contributed by atoms with van der Waals surface area (Å²) < 4.78 is 13.4. The number of H-pyrrole nitrogens is 1. The summed E-state index contributed by atoms with van der Waals surface area (Å²) in [6.07, 6.45) is 2.85. The van der Waals surface area contributed by atoms with Gasteiger partial charge in [0, 0.05) is 18.1 Å². The largest absolute Gasteiger partial charge is 0.358 e. The summed E-state index contributed by atoms with van der Waals surface area (Å²) >= 11 is 0. The maximum absolute atomic E-state index is 13.4. The van der Waals surface area contributed by atoms with Crippen molar-refractivity contribution in [2.75, 3.05) is 5.32 Å². The van der Waals surface area contributed by atoms with Crippen LogP contribution in [0.4, 0.5) is 10.1 Å². The first-order valence-electron chi connectivity index (χ1n) is 5.52. The zero-order valence-corrected chi connectivity index (χ0v) is 9.62. The fraction of sp³-hybridized carbons (Fsp3) is 0.167. The van der Waals surface area contributed by atoms with E-state index in [0.29, 0.717) is 22.6 Å².